The van der Waals surface area contributed by atoms with Crippen LogP contribution in [0.15, 0.2) is 48.6 Å². The quantitative estimate of drug-likeness (QED) is 0.634. The van der Waals surface area contributed by atoms with Crippen LogP contribution in [0.25, 0.3) is 0 Å². The topological polar surface area (TPSA) is 40.6 Å². The molecule has 0 spiro atoms. The van der Waals surface area contributed by atoms with Gasteiger partial charge in [0.1, 0.15) is 5.82 Å². The van der Waals surface area contributed by atoms with Crippen LogP contribution in [0.3, 0.4) is 0 Å². The summed E-state index contributed by atoms with van der Waals surface area (Å²) in [6.45, 7) is 3.77. The molecule has 1 aliphatic rings. The Morgan fingerprint density at radius 2 is 1.77 bits per heavy atom. The van der Waals surface area contributed by atoms with Crippen molar-refractivity contribution in [3.63, 3.8) is 0 Å². The molecule has 4 nitrogen and oxygen atoms in total. The molecule has 0 aromatic heterocycles. The molecule has 1 heterocycles. The molecule has 2 rings (SSSR count). The van der Waals surface area contributed by atoms with Crippen molar-refractivity contribution in [3.05, 3.63) is 60.0 Å². The lowest BCUT2D eigenvalue weighted by molar-refractivity contribution is -0.127. The Kier molecular flexibility index (Phi) is 5.47. The zero-order valence-corrected chi connectivity index (χ0v) is 12.5. The highest BCUT2D eigenvalue weighted by Gasteiger charge is 2.23. The van der Waals surface area contributed by atoms with Gasteiger partial charge in [-0.2, -0.15) is 0 Å². The Labute approximate surface area is 129 Å². The van der Waals surface area contributed by atoms with Gasteiger partial charge in [0.05, 0.1) is 0 Å². The molecule has 0 bridgehead atoms. The van der Waals surface area contributed by atoms with E-state index in [-0.39, 0.29) is 11.8 Å². The van der Waals surface area contributed by atoms with Gasteiger partial charge in [-0.15, -0.1) is 0 Å². The van der Waals surface area contributed by atoms with Crippen molar-refractivity contribution < 1.29 is 14.0 Å². The molecule has 0 aliphatic carbocycles. The van der Waals surface area contributed by atoms with Gasteiger partial charge in [-0.05, 0) is 25.1 Å². The highest BCUT2D eigenvalue weighted by atomic mass is 19.1. The van der Waals surface area contributed by atoms with E-state index in [1.807, 2.05) is 13.0 Å². The third-order valence-electron chi connectivity index (χ3n) is 3.49. The maximum absolute atomic E-state index is 13.2. The second kappa shape index (κ2) is 7.54. The van der Waals surface area contributed by atoms with Crippen LogP contribution in [-0.4, -0.2) is 47.8 Å². The van der Waals surface area contributed by atoms with Gasteiger partial charge in [-0.25, -0.2) is 4.39 Å². The molecule has 2 amide bonds. The van der Waals surface area contributed by atoms with Crippen LogP contribution in [0.1, 0.15) is 17.3 Å². The summed E-state index contributed by atoms with van der Waals surface area (Å²) in [4.78, 5) is 27.5. The fourth-order valence-electron chi connectivity index (χ4n) is 2.29. The van der Waals surface area contributed by atoms with Crippen molar-refractivity contribution in [2.45, 2.75) is 6.92 Å². The van der Waals surface area contributed by atoms with Gasteiger partial charge in [0.15, 0.2) is 0 Å². The molecule has 1 fully saturated rings. The van der Waals surface area contributed by atoms with Crippen LogP contribution in [0.4, 0.5) is 4.39 Å². The van der Waals surface area contributed by atoms with Gasteiger partial charge in [0, 0.05) is 37.8 Å². The number of halogens is 1. The Balaban J connectivity index is 1.92. The summed E-state index contributed by atoms with van der Waals surface area (Å²) in [7, 11) is 0. The van der Waals surface area contributed by atoms with E-state index in [9.17, 15) is 14.0 Å². The van der Waals surface area contributed by atoms with Crippen molar-refractivity contribution in [2.24, 2.45) is 0 Å². The van der Waals surface area contributed by atoms with Gasteiger partial charge < -0.3 is 9.80 Å². The molecular formula is C17H19FN2O2. The lowest BCUT2D eigenvalue weighted by atomic mass is 10.1. The summed E-state index contributed by atoms with van der Waals surface area (Å²) in [6, 6.07) is 5.67. The SMILES string of the molecule is C/C=C/C=C/C(=O)N1CCN(C(=O)c2cccc(F)c2)CC1. The fourth-order valence-corrected chi connectivity index (χ4v) is 2.29. The molecule has 1 saturated heterocycles. The van der Waals surface area contributed by atoms with E-state index in [0.29, 0.717) is 31.7 Å². The van der Waals surface area contributed by atoms with Crippen LogP contribution in [-0.2, 0) is 4.79 Å². The number of piperazine rings is 1. The molecule has 1 aliphatic heterocycles. The maximum atomic E-state index is 13.2. The summed E-state index contributed by atoms with van der Waals surface area (Å²) in [5.41, 5.74) is 0.341. The molecule has 0 atom stereocenters. The first kappa shape index (κ1) is 15.9. The van der Waals surface area contributed by atoms with Crippen LogP contribution in [0, 0.1) is 5.82 Å². The molecular weight excluding hydrogens is 283 g/mol. The molecule has 0 radical (unpaired) electrons. The first-order chi connectivity index (χ1) is 10.6. The average molecular weight is 302 g/mol. The predicted molar refractivity (Wildman–Crippen MR) is 82.8 cm³/mol. The van der Waals surface area contributed by atoms with E-state index in [0.717, 1.165) is 0 Å². The van der Waals surface area contributed by atoms with Crippen LogP contribution >= 0.6 is 0 Å². The van der Waals surface area contributed by atoms with Crippen LogP contribution < -0.4 is 0 Å². The average Bonchev–Trinajstić information content (AvgIpc) is 2.54. The maximum Gasteiger partial charge on any atom is 0.254 e. The Morgan fingerprint density at radius 1 is 1.09 bits per heavy atom. The number of carbonyl (C=O) groups excluding carboxylic acids is 2. The van der Waals surface area contributed by atoms with E-state index >= 15 is 0 Å². The molecule has 0 saturated carbocycles. The van der Waals surface area contributed by atoms with E-state index < -0.39 is 5.82 Å². The van der Waals surface area contributed by atoms with Crippen molar-refractivity contribution in [1.29, 1.82) is 0 Å². The normalized spacial score (nSPS) is 15.7. The highest BCUT2D eigenvalue weighted by molar-refractivity contribution is 5.94. The number of hydrogen-bond acceptors (Lipinski definition) is 2. The zero-order valence-electron chi connectivity index (χ0n) is 12.5. The summed E-state index contributed by atoms with van der Waals surface area (Å²) in [6.07, 6.45) is 6.86. The van der Waals surface area contributed by atoms with Gasteiger partial charge in [-0.1, -0.05) is 24.3 Å². The molecule has 116 valence electrons. The summed E-state index contributed by atoms with van der Waals surface area (Å²) < 4.78 is 13.2. The summed E-state index contributed by atoms with van der Waals surface area (Å²) in [5, 5.41) is 0. The largest absolute Gasteiger partial charge is 0.336 e. The first-order valence-electron chi connectivity index (χ1n) is 7.25. The smallest absolute Gasteiger partial charge is 0.254 e. The lowest BCUT2D eigenvalue weighted by Gasteiger charge is -2.34. The third kappa shape index (κ3) is 4.04. The highest BCUT2D eigenvalue weighted by Crippen LogP contribution is 2.10. The standard InChI is InChI=1S/C17H19FN2O2/c1-2-3-4-8-16(21)19-9-11-20(12-10-19)17(22)14-6-5-7-15(18)13-14/h2-8,13H,9-12H2,1H3/b3-2+,8-4+. The Hall–Kier alpha value is -2.43. The van der Waals surface area contributed by atoms with Gasteiger partial charge >= 0.3 is 0 Å². The summed E-state index contributed by atoms with van der Waals surface area (Å²) in [5.74, 6) is -0.680. The minimum absolute atomic E-state index is 0.0593. The Morgan fingerprint density at radius 3 is 2.41 bits per heavy atom. The zero-order chi connectivity index (χ0) is 15.9. The number of carbonyl (C=O) groups is 2. The van der Waals surface area contributed by atoms with Crippen molar-refractivity contribution >= 4 is 11.8 Å². The molecule has 1 aromatic rings. The molecule has 0 N–H and O–H groups in total. The predicted octanol–water partition coefficient (Wildman–Crippen LogP) is 2.24. The molecule has 22 heavy (non-hydrogen) atoms. The van der Waals surface area contributed by atoms with Gasteiger partial charge in [-0.3, -0.25) is 9.59 Å². The molecule has 1 aromatic carbocycles. The molecule has 5 heteroatoms. The molecule has 0 unspecified atom stereocenters. The first-order valence-corrected chi connectivity index (χ1v) is 7.25. The van der Waals surface area contributed by atoms with Crippen molar-refractivity contribution in [1.82, 2.24) is 9.80 Å². The van der Waals surface area contributed by atoms with Crippen LogP contribution in [0.2, 0.25) is 0 Å². The Bertz CT molecular complexity index is 602. The fraction of sp³-hybridized carbons (Fsp3) is 0.294. The van der Waals surface area contributed by atoms with Gasteiger partial charge in [0.25, 0.3) is 5.91 Å². The monoisotopic (exact) mass is 302 g/mol. The lowest BCUT2D eigenvalue weighted by Crippen LogP contribution is -2.50. The van der Waals surface area contributed by atoms with Crippen LogP contribution in [0.5, 0.6) is 0 Å². The number of allylic oxidation sites excluding steroid dienone is 3. The number of benzene rings is 1. The van der Waals surface area contributed by atoms with Crippen molar-refractivity contribution in [2.75, 3.05) is 26.2 Å². The number of rotatable bonds is 3. The van der Waals surface area contributed by atoms with Gasteiger partial charge in [0.2, 0.25) is 5.91 Å². The second-order valence-corrected chi connectivity index (χ2v) is 5.01. The minimum Gasteiger partial charge on any atom is -0.336 e. The third-order valence-corrected chi connectivity index (χ3v) is 3.49. The van der Waals surface area contributed by atoms with E-state index in [1.165, 1.54) is 24.3 Å². The number of hydrogen-bond donors (Lipinski definition) is 0. The van der Waals surface area contributed by atoms with E-state index in [4.69, 9.17) is 0 Å². The summed E-state index contributed by atoms with van der Waals surface area (Å²) >= 11 is 0. The number of amides is 2. The minimum atomic E-state index is -0.422. The van der Waals surface area contributed by atoms with Crippen molar-refractivity contribution in [3.8, 4) is 0 Å². The van der Waals surface area contributed by atoms with E-state index in [1.54, 1.807) is 28.0 Å². The number of nitrogens with zero attached hydrogens (tertiary/aromatic N) is 2. The van der Waals surface area contributed by atoms with E-state index in [2.05, 4.69) is 0 Å². The second-order valence-electron chi connectivity index (χ2n) is 5.01.